The van der Waals surface area contributed by atoms with Crippen LogP contribution in [0, 0.1) is 0 Å². The molecule has 1 heterocycles. The highest BCUT2D eigenvalue weighted by Crippen LogP contribution is 2.05. The molecule has 0 aromatic rings. The van der Waals surface area contributed by atoms with Crippen LogP contribution in [0.5, 0.6) is 0 Å². The predicted octanol–water partition coefficient (Wildman–Crippen LogP) is -0.405. The molecule has 1 rings (SSSR count). The van der Waals surface area contributed by atoms with Gasteiger partial charge in [0.2, 0.25) is 0 Å². The van der Waals surface area contributed by atoms with Crippen LogP contribution in [0.2, 0.25) is 0 Å². The number of hydrogen-bond acceptors (Lipinski definition) is 4. The third-order valence-corrected chi connectivity index (χ3v) is 3.02. The summed E-state index contributed by atoms with van der Waals surface area (Å²) in [4.78, 5) is 2.00. The molecule has 0 radical (unpaired) electrons. The van der Waals surface area contributed by atoms with Crippen molar-refractivity contribution in [1.82, 2.24) is 4.90 Å². The van der Waals surface area contributed by atoms with Gasteiger partial charge in [0.15, 0.2) is 0 Å². The van der Waals surface area contributed by atoms with Crippen molar-refractivity contribution in [3.8, 4) is 0 Å². The van der Waals surface area contributed by atoms with Crippen LogP contribution >= 0.6 is 0 Å². The maximum Gasteiger partial charge on any atom is 0.266 e. The van der Waals surface area contributed by atoms with Gasteiger partial charge in [-0.3, -0.25) is 9.45 Å². The SMILES string of the molecule is CC(CS(=O)(=O)O)N1CCOCC1. The second-order valence-electron chi connectivity index (χ2n) is 3.25. The Hall–Kier alpha value is -0.170. The summed E-state index contributed by atoms with van der Waals surface area (Å²) >= 11 is 0. The Bertz CT molecular complexity index is 245. The molecule has 0 saturated carbocycles. The zero-order valence-corrected chi connectivity index (χ0v) is 8.46. The normalized spacial score (nSPS) is 22.9. The van der Waals surface area contributed by atoms with Crippen molar-refractivity contribution < 1.29 is 17.7 Å². The lowest BCUT2D eigenvalue weighted by molar-refractivity contribution is 0.0241. The highest BCUT2D eigenvalue weighted by molar-refractivity contribution is 7.85. The Morgan fingerprint density at radius 2 is 2.00 bits per heavy atom. The van der Waals surface area contributed by atoms with Crippen molar-refractivity contribution in [2.45, 2.75) is 13.0 Å². The van der Waals surface area contributed by atoms with E-state index in [2.05, 4.69) is 0 Å². The van der Waals surface area contributed by atoms with E-state index in [-0.39, 0.29) is 11.8 Å². The topological polar surface area (TPSA) is 66.8 Å². The van der Waals surface area contributed by atoms with Gasteiger partial charge >= 0.3 is 0 Å². The monoisotopic (exact) mass is 209 g/mol. The van der Waals surface area contributed by atoms with Crippen LogP contribution in [0.1, 0.15) is 6.92 Å². The number of morpholine rings is 1. The van der Waals surface area contributed by atoms with Gasteiger partial charge in [0.05, 0.1) is 19.0 Å². The van der Waals surface area contributed by atoms with Gasteiger partial charge in [0.1, 0.15) is 0 Å². The average molecular weight is 209 g/mol. The van der Waals surface area contributed by atoms with E-state index in [4.69, 9.17) is 9.29 Å². The summed E-state index contributed by atoms with van der Waals surface area (Å²) < 4.78 is 34.9. The van der Waals surface area contributed by atoms with E-state index in [1.54, 1.807) is 6.92 Å². The first-order valence-electron chi connectivity index (χ1n) is 4.26. The van der Waals surface area contributed by atoms with E-state index >= 15 is 0 Å². The fourth-order valence-corrected chi connectivity index (χ4v) is 2.25. The summed E-state index contributed by atoms with van der Waals surface area (Å²) in [5.74, 6) is -0.201. The molecule has 0 aromatic carbocycles. The maximum atomic E-state index is 10.6. The zero-order valence-electron chi connectivity index (χ0n) is 7.64. The first kappa shape index (κ1) is 10.9. The second kappa shape index (κ2) is 4.36. The first-order valence-corrected chi connectivity index (χ1v) is 5.87. The van der Waals surface area contributed by atoms with Gasteiger partial charge in [-0.2, -0.15) is 8.42 Å². The molecule has 6 heteroatoms. The van der Waals surface area contributed by atoms with Crippen molar-refractivity contribution >= 4 is 10.1 Å². The zero-order chi connectivity index (χ0) is 9.90. The van der Waals surface area contributed by atoms with Crippen molar-refractivity contribution in [1.29, 1.82) is 0 Å². The smallest absolute Gasteiger partial charge is 0.266 e. The van der Waals surface area contributed by atoms with E-state index in [9.17, 15) is 8.42 Å². The molecule has 0 spiro atoms. The lowest BCUT2D eigenvalue weighted by atomic mass is 10.3. The van der Waals surface area contributed by atoms with Crippen LogP contribution in [0.25, 0.3) is 0 Å². The van der Waals surface area contributed by atoms with Crippen molar-refractivity contribution in [3.05, 3.63) is 0 Å². The third kappa shape index (κ3) is 4.04. The largest absolute Gasteiger partial charge is 0.379 e. The van der Waals surface area contributed by atoms with Crippen LogP contribution in [0.15, 0.2) is 0 Å². The van der Waals surface area contributed by atoms with E-state index in [1.165, 1.54) is 0 Å². The molecule has 0 amide bonds. The Morgan fingerprint density at radius 1 is 1.46 bits per heavy atom. The van der Waals surface area contributed by atoms with Gasteiger partial charge in [-0.15, -0.1) is 0 Å². The first-order chi connectivity index (χ1) is 5.99. The van der Waals surface area contributed by atoms with Crippen molar-refractivity contribution in [2.75, 3.05) is 32.1 Å². The average Bonchev–Trinajstić information content (AvgIpc) is 2.03. The number of rotatable bonds is 3. The molecule has 0 aromatic heterocycles. The van der Waals surface area contributed by atoms with Gasteiger partial charge in [-0.05, 0) is 6.92 Å². The molecule has 1 saturated heterocycles. The minimum atomic E-state index is -3.86. The summed E-state index contributed by atoms with van der Waals surface area (Å²) in [6.45, 7) is 4.53. The number of hydrogen-bond donors (Lipinski definition) is 1. The summed E-state index contributed by atoms with van der Waals surface area (Å²) in [6.07, 6.45) is 0. The molecular formula is C7H15NO4S. The Labute approximate surface area is 78.4 Å². The van der Waals surface area contributed by atoms with E-state index in [0.717, 1.165) is 13.1 Å². The summed E-state index contributed by atoms with van der Waals surface area (Å²) in [7, 11) is -3.86. The number of nitrogens with zero attached hydrogens (tertiary/aromatic N) is 1. The van der Waals surface area contributed by atoms with Gasteiger partial charge in [-0.25, -0.2) is 0 Å². The molecule has 1 unspecified atom stereocenters. The molecule has 78 valence electrons. The molecular weight excluding hydrogens is 194 g/mol. The predicted molar refractivity (Wildman–Crippen MR) is 48.3 cm³/mol. The van der Waals surface area contributed by atoms with Gasteiger partial charge < -0.3 is 4.74 Å². The van der Waals surface area contributed by atoms with Crippen LogP contribution in [0.4, 0.5) is 0 Å². The van der Waals surface area contributed by atoms with Crippen molar-refractivity contribution in [3.63, 3.8) is 0 Å². The minimum absolute atomic E-state index is 0.140. The molecule has 13 heavy (non-hydrogen) atoms. The van der Waals surface area contributed by atoms with E-state index in [0.29, 0.717) is 13.2 Å². The van der Waals surface area contributed by atoms with Crippen molar-refractivity contribution in [2.24, 2.45) is 0 Å². The number of ether oxygens (including phenoxy) is 1. The van der Waals surface area contributed by atoms with Crippen LogP contribution in [-0.2, 0) is 14.9 Å². The summed E-state index contributed by atoms with van der Waals surface area (Å²) in [6, 6.07) is -0.140. The van der Waals surface area contributed by atoms with E-state index in [1.807, 2.05) is 4.90 Å². The standard InChI is InChI=1S/C7H15NO4S/c1-7(6-13(9,10)11)8-2-4-12-5-3-8/h7H,2-6H2,1H3,(H,9,10,11). The third-order valence-electron chi connectivity index (χ3n) is 2.12. The summed E-state index contributed by atoms with van der Waals surface area (Å²) in [5.41, 5.74) is 0. The Morgan fingerprint density at radius 3 is 2.46 bits per heavy atom. The van der Waals surface area contributed by atoms with Crippen LogP contribution < -0.4 is 0 Å². The molecule has 1 aliphatic rings. The maximum absolute atomic E-state index is 10.6. The van der Waals surface area contributed by atoms with E-state index < -0.39 is 10.1 Å². The second-order valence-corrected chi connectivity index (χ2v) is 4.74. The highest BCUT2D eigenvalue weighted by Gasteiger charge is 2.21. The van der Waals surface area contributed by atoms with Crippen LogP contribution in [-0.4, -0.2) is 56.0 Å². The Kier molecular flexibility index (Phi) is 3.66. The quantitative estimate of drug-likeness (QED) is 0.640. The molecule has 0 bridgehead atoms. The van der Waals surface area contributed by atoms with Gasteiger partial charge in [-0.1, -0.05) is 0 Å². The lowest BCUT2D eigenvalue weighted by Gasteiger charge is -2.31. The molecule has 0 aliphatic carbocycles. The van der Waals surface area contributed by atoms with Crippen LogP contribution in [0.3, 0.4) is 0 Å². The molecule has 1 N–H and O–H groups in total. The molecule has 1 fully saturated rings. The molecule has 1 aliphatic heterocycles. The lowest BCUT2D eigenvalue weighted by Crippen LogP contribution is -2.44. The fraction of sp³-hybridized carbons (Fsp3) is 1.00. The minimum Gasteiger partial charge on any atom is -0.379 e. The summed E-state index contributed by atoms with van der Waals surface area (Å²) in [5, 5.41) is 0. The Balaban J connectivity index is 2.42. The molecule has 5 nitrogen and oxygen atoms in total. The fourth-order valence-electron chi connectivity index (χ4n) is 1.43. The van der Waals surface area contributed by atoms with Gasteiger partial charge in [0, 0.05) is 19.1 Å². The van der Waals surface area contributed by atoms with Gasteiger partial charge in [0.25, 0.3) is 10.1 Å². The molecule has 1 atom stereocenters. The highest BCUT2D eigenvalue weighted by atomic mass is 32.2.